The molecule has 19 heavy (non-hydrogen) atoms. The molecule has 2 N–H and O–H groups in total. The van der Waals surface area contributed by atoms with E-state index < -0.39 is 7.12 Å². The Labute approximate surface area is 111 Å². The van der Waals surface area contributed by atoms with E-state index in [1.165, 1.54) is 0 Å². The van der Waals surface area contributed by atoms with Crippen molar-refractivity contribution in [3.05, 3.63) is 54.6 Å². The standard InChI is InChI=1S/C14H11B2O3/c17-15-19-16(18)14-7-3-6-12-8-10-4-1-2-5-11(10)9-13(12)14/h1-9,17-18H. The molecule has 0 saturated carbocycles. The second kappa shape index (κ2) is 5.05. The number of benzene rings is 3. The van der Waals surface area contributed by atoms with E-state index in [0.29, 0.717) is 13.1 Å². The summed E-state index contributed by atoms with van der Waals surface area (Å²) in [6, 6.07) is 17.8. The minimum Gasteiger partial charge on any atom is -0.450 e. The smallest absolute Gasteiger partial charge is 0.450 e. The molecule has 0 unspecified atom stereocenters. The fraction of sp³-hybridized carbons (Fsp3) is 0. The van der Waals surface area contributed by atoms with Crippen LogP contribution in [0.1, 0.15) is 0 Å². The minimum atomic E-state index is -1.17. The highest BCUT2D eigenvalue weighted by Crippen LogP contribution is 2.21. The summed E-state index contributed by atoms with van der Waals surface area (Å²) in [5.74, 6) is 0. The van der Waals surface area contributed by atoms with Crippen molar-refractivity contribution in [2.45, 2.75) is 0 Å². The van der Waals surface area contributed by atoms with Gasteiger partial charge in [-0.2, -0.15) is 0 Å². The first-order valence-electron chi connectivity index (χ1n) is 6.00. The minimum absolute atomic E-state index is 0.505. The molecule has 0 fully saturated rings. The Kier molecular flexibility index (Phi) is 3.25. The Bertz CT molecular complexity index is 730. The average Bonchev–Trinajstić information content (AvgIpc) is 2.44. The summed E-state index contributed by atoms with van der Waals surface area (Å²) in [6.07, 6.45) is 0. The highest BCUT2D eigenvalue weighted by Gasteiger charge is 2.19. The van der Waals surface area contributed by atoms with Crippen LogP contribution in [-0.4, -0.2) is 24.9 Å². The number of rotatable bonds is 3. The molecule has 0 saturated heterocycles. The third-order valence-electron chi connectivity index (χ3n) is 3.24. The fourth-order valence-corrected chi connectivity index (χ4v) is 2.34. The maximum atomic E-state index is 9.88. The predicted octanol–water partition coefficient (Wildman–Crippen LogP) is 1.22. The van der Waals surface area contributed by atoms with Gasteiger partial charge in [-0.25, -0.2) is 0 Å². The van der Waals surface area contributed by atoms with Gasteiger partial charge in [0.25, 0.3) is 0 Å². The zero-order valence-corrected chi connectivity index (χ0v) is 10.2. The number of hydrogen-bond donors (Lipinski definition) is 2. The first-order valence-corrected chi connectivity index (χ1v) is 6.00. The van der Waals surface area contributed by atoms with Crippen LogP contribution >= 0.6 is 0 Å². The van der Waals surface area contributed by atoms with Crippen molar-refractivity contribution in [2.24, 2.45) is 0 Å². The summed E-state index contributed by atoms with van der Waals surface area (Å²) < 4.78 is 4.73. The first-order chi connectivity index (χ1) is 9.29. The van der Waals surface area contributed by atoms with Crippen LogP contribution in [0.25, 0.3) is 21.5 Å². The highest BCUT2D eigenvalue weighted by molar-refractivity contribution is 6.66. The van der Waals surface area contributed by atoms with Gasteiger partial charge in [-0.1, -0.05) is 42.5 Å². The van der Waals surface area contributed by atoms with E-state index in [1.54, 1.807) is 6.07 Å². The largest absolute Gasteiger partial charge is 0.477 e. The van der Waals surface area contributed by atoms with E-state index in [-0.39, 0.29) is 0 Å². The molecule has 3 aromatic rings. The SMILES string of the molecule is O[B]OB(O)c1cccc2cc3ccccc3cc12. The van der Waals surface area contributed by atoms with E-state index in [9.17, 15) is 5.02 Å². The average molecular weight is 249 g/mol. The van der Waals surface area contributed by atoms with Crippen LogP contribution in [-0.2, 0) is 4.57 Å². The molecule has 0 heterocycles. The lowest BCUT2D eigenvalue weighted by Crippen LogP contribution is -2.35. The molecular formula is C14H11B2O3. The molecule has 3 nitrogen and oxygen atoms in total. The molecule has 0 aromatic heterocycles. The maximum Gasteiger partial charge on any atom is 0.477 e. The molecular weight excluding hydrogens is 238 g/mol. The third kappa shape index (κ3) is 2.24. The topological polar surface area (TPSA) is 49.7 Å². The van der Waals surface area contributed by atoms with Crippen molar-refractivity contribution in [2.75, 3.05) is 0 Å². The molecule has 91 valence electrons. The predicted molar refractivity (Wildman–Crippen MR) is 78.1 cm³/mol. The molecule has 0 atom stereocenters. The Morgan fingerprint density at radius 2 is 1.58 bits per heavy atom. The third-order valence-corrected chi connectivity index (χ3v) is 3.24. The van der Waals surface area contributed by atoms with E-state index in [2.05, 4.69) is 12.1 Å². The summed E-state index contributed by atoms with van der Waals surface area (Å²) in [6.45, 7) is 0. The summed E-state index contributed by atoms with van der Waals surface area (Å²) in [5.41, 5.74) is 0.633. The lowest BCUT2D eigenvalue weighted by Gasteiger charge is -2.10. The first kappa shape index (κ1) is 12.2. The summed E-state index contributed by atoms with van der Waals surface area (Å²) in [7, 11) is -0.667. The van der Waals surface area contributed by atoms with E-state index in [4.69, 9.17) is 9.60 Å². The van der Waals surface area contributed by atoms with Gasteiger partial charge >= 0.3 is 14.8 Å². The van der Waals surface area contributed by atoms with Gasteiger partial charge in [0.15, 0.2) is 0 Å². The van der Waals surface area contributed by atoms with Gasteiger partial charge in [0.2, 0.25) is 0 Å². The number of fused-ring (bicyclic) bond motifs is 2. The summed E-state index contributed by atoms with van der Waals surface area (Å²) in [5, 5.41) is 22.7. The lowest BCUT2D eigenvalue weighted by molar-refractivity contribution is 0.393. The van der Waals surface area contributed by atoms with Gasteiger partial charge < -0.3 is 14.6 Å². The monoisotopic (exact) mass is 249 g/mol. The maximum absolute atomic E-state index is 9.88. The van der Waals surface area contributed by atoms with Crippen molar-refractivity contribution < 1.29 is 14.6 Å². The Balaban J connectivity index is 2.26. The van der Waals surface area contributed by atoms with Crippen LogP contribution < -0.4 is 5.46 Å². The van der Waals surface area contributed by atoms with E-state index >= 15 is 0 Å². The summed E-state index contributed by atoms with van der Waals surface area (Å²) >= 11 is 0. The van der Waals surface area contributed by atoms with Crippen molar-refractivity contribution >= 4 is 41.8 Å². The molecule has 0 spiro atoms. The van der Waals surface area contributed by atoms with Crippen molar-refractivity contribution in [3.8, 4) is 0 Å². The second-order valence-corrected chi connectivity index (χ2v) is 4.36. The molecule has 0 bridgehead atoms. The normalized spacial score (nSPS) is 10.8. The van der Waals surface area contributed by atoms with Gasteiger partial charge in [0, 0.05) is 0 Å². The van der Waals surface area contributed by atoms with Gasteiger partial charge in [0.05, 0.1) is 0 Å². The Morgan fingerprint density at radius 1 is 0.895 bits per heavy atom. The van der Waals surface area contributed by atoms with Crippen LogP contribution in [0.5, 0.6) is 0 Å². The molecule has 1 radical (unpaired) electrons. The van der Waals surface area contributed by atoms with Gasteiger partial charge in [-0.3, -0.25) is 0 Å². The van der Waals surface area contributed by atoms with Crippen molar-refractivity contribution in [3.63, 3.8) is 0 Å². The lowest BCUT2D eigenvalue weighted by atomic mass is 9.75. The van der Waals surface area contributed by atoms with Crippen molar-refractivity contribution in [1.82, 2.24) is 0 Å². The number of hydrogen-bond acceptors (Lipinski definition) is 3. The van der Waals surface area contributed by atoms with Crippen molar-refractivity contribution in [1.29, 1.82) is 0 Å². The van der Waals surface area contributed by atoms with E-state index in [0.717, 1.165) is 21.5 Å². The van der Waals surface area contributed by atoms with E-state index in [1.807, 2.05) is 36.4 Å². The molecule has 3 rings (SSSR count). The quantitative estimate of drug-likeness (QED) is 0.542. The van der Waals surface area contributed by atoms with Crippen LogP contribution in [0.4, 0.5) is 0 Å². The van der Waals surface area contributed by atoms with Gasteiger partial charge in [0.1, 0.15) is 0 Å². The second-order valence-electron chi connectivity index (χ2n) is 4.36. The van der Waals surface area contributed by atoms with Gasteiger partial charge in [-0.05, 0) is 39.1 Å². The zero-order chi connectivity index (χ0) is 13.2. The molecule has 5 heteroatoms. The Morgan fingerprint density at radius 3 is 2.32 bits per heavy atom. The molecule has 0 aliphatic rings. The van der Waals surface area contributed by atoms with Crippen LogP contribution in [0.2, 0.25) is 0 Å². The summed E-state index contributed by atoms with van der Waals surface area (Å²) in [4.78, 5) is 0. The molecule has 3 aromatic carbocycles. The van der Waals surface area contributed by atoms with Crippen LogP contribution in [0.3, 0.4) is 0 Å². The van der Waals surface area contributed by atoms with Crippen LogP contribution in [0, 0.1) is 0 Å². The molecule has 0 aliphatic carbocycles. The van der Waals surface area contributed by atoms with Crippen LogP contribution in [0.15, 0.2) is 54.6 Å². The Hall–Kier alpha value is -1.81. The molecule has 0 amide bonds. The zero-order valence-electron chi connectivity index (χ0n) is 10.2. The highest BCUT2D eigenvalue weighted by atomic mass is 16.5. The molecule has 0 aliphatic heterocycles. The fourth-order valence-electron chi connectivity index (χ4n) is 2.34. The van der Waals surface area contributed by atoms with Gasteiger partial charge in [-0.15, -0.1) is 0 Å².